The van der Waals surface area contributed by atoms with Crippen LogP contribution in [0.25, 0.3) is 0 Å². The standard InChI is InChI=1S/C17H14BrN3OS/c18-13-10-19-21(11-13)12-17(22)20-15-8-4-5-9-16(15)23-14-6-2-1-3-7-14/h1-11H,12H2,(H,20,22). The summed E-state index contributed by atoms with van der Waals surface area (Å²) in [5.41, 5.74) is 0.803. The second kappa shape index (κ2) is 7.48. The minimum atomic E-state index is -0.110. The van der Waals surface area contributed by atoms with Crippen molar-refractivity contribution in [3.05, 3.63) is 71.5 Å². The van der Waals surface area contributed by atoms with Gasteiger partial charge >= 0.3 is 0 Å². The molecule has 0 aliphatic carbocycles. The van der Waals surface area contributed by atoms with Gasteiger partial charge in [0.15, 0.2) is 0 Å². The predicted octanol–water partition coefficient (Wildman–Crippen LogP) is 4.44. The second-order valence-corrected chi connectivity index (χ2v) is 6.85. The van der Waals surface area contributed by atoms with Gasteiger partial charge in [0.25, 0.3) is 0 Å². The first kappa shape index (κ1) is 15.8. The maximum absolute atomic E-state index is 12.2. The largest absolute Gasteiger partial charge is 0.323 e. The molecule has 0 radical (unpaired) electrons. The summed E-state index contributed by atoms with van der Waals surface area (Å²) >= 11 is 4.94. The molecule has 1 N–H and O–H groups in total. The average Bonchev–Trinajstić information content (AvgIpc) is 2.95. The monoisotopic (exact) mass is 387 g/mol. The van der Waals surface area contributed by atoms with Gasteiger partial charge < -0.3 is 5.32 Å². The first-order chi connectivity index (χ1) is 11.2. The fraction of sp³-hybridized carbons (Fsp3) is 0.0588. The normalized spacial score (nSPS) is 10.5. The van der Waals surface area contributed by atoms with Gasteiger partial charge in [-0.25, -0.2) is 0 Å². The van der Waals surface area contributed by atoms with E-state index < -0.39 is 0 Å². The van der Waals surface area contributed by atoms with E-state index in [0.717, 1.165) is 20.0 Å². The van der Waals surface area contributed by atoms with E-state index in [1.807, 2.05) is 54.6 Å². The number of benzene rings is 2. The highest BCUT2D eigenvalue weighted by Gasteiger charge is 2.09. The summed E-state index contributed by atoms with van der Waals surface area (Å²) in [6, 6.07) is 17.9. The second-order valence-electron chi connectivity index (χ2n) is 4.82. The molecule has 6 heteroatoms. The zero-order valence-corrected chi connectivity index (χ0v) is 14.5. The molecular weight excluding hydrogens is 374 g/mol. The Bertz CT molecular complexity index is 804. The van der Waals surface area contributed by atoms with Crippen LogP contribution in [0.15, 0.2) is 81.3 Å². The molecule has 0 bridgehead atoms. The van der Waals surface area contributed by atoms with Crippen molar-refractivity contribution in [2.24, 2.45) is 0 Å². The van der Waals surface area contributed by atoms with E-state index in [0.29, 0.717) is 0 Å². The number of nitrogens with one attached hydrogen (secondary N) is 1. The van der Waals surface area contributed by atoms with Crippen molar-refractivity contribution >= 4 is 39.3 Å². The van der Waals surface area contributed by atoms with Crippen LogP contribution in [-0.2, 0) is 11.3 Å². The van der Waals surface area contributed by atoms with Crippen molar-refractivity contribution in [2.45, 2.75) is 16.3 Å². The van der Waals surface area contributed by atoms with Crippen LogP contribution in [-0.4, -0.2) is 15.7 Å². The molecule has 0 saturated carbocycles. The number of hydrogen-bond acceptors (Lipinski definition) is 3. The first-order valence-electron chi connectivity index (χ1n) is 7.00. The minimum Gasteiger partial charge on any atom is -0.323 e. The molecule has 0 fully saturated rings. The van der Waals surface area contributed by atoms with Crippen molar-refractivity contribution in [1.29, 1.82) is 0 Å². The lowest BCUT2D eigenvalue weighted by Crippen LogP contribution is -2.19. The minimum absolute atomic E-state index is 0.110. The topological polar surface area (TPSA) is 46.9 Å². The molecular formula is C17H14BrN3OS. The van der Waals surface area contributed by atoms with Crippen LogP contribution in [0.4, 0.5) is 5.69 Å². The average molecular weight is 388 g/mol. The van der Waals surface area contributed by atoms with Crippen molar-refractivity contribution in [1.82, 2.24) is 9.78 Å². The van der Waals surface area contributed by atoms with E-state index in [2.05, 4.69) is 26.3 Å². The Morgan fingerprint density at radius 2 is 1.87 bits per heavy atom. The lowest BCUT2D eigenvalue weighted by molar-refractivity contribution is -0.116. The Kier molecular flexibility index (Phi) is 5.15. The highest BCUT2D eigenvalue weighted by molar-refractivity contribution is 9.10. The number of amides is 1. The van der Waals surface area contributed by atoms with Crippen molar-refractivity contribution in [3.8, 4) is 0 Å². The van der Waals surface area contributed by atoms with Crippen LogP contribution in [0.1, 0.15) is 0 Å². The Labute approximate surface area is 147 Å². The van der Waals surface area contributed by atoms with Crippen molar-refractivity contribution in [3.63, 3.8) is 0 Å². The number of nitrogens with zero attached hydrogens (tertiary/aromatic N) is 2. The summed E-state index contributed by atoms with van der Waals surface area (Å²) in [5.74, 6) is -0.110. The number of para-hydroxylation sites is 1. The third-order valence-electron chi connectivity index (χ3n) is 3.04. The van der Waals surface area contributed by atoms with Gasteiger partial charge in [0.2, 0.25) is 5.91 Å². The molecule has 0 aliphatic rings. The zero-order chi connectivity index (χ0) is 16.1. The van der Waals surface area contributed by atoms with E-state index >= 15 is 0 Å². The number of anilines is 1. The van der Waals surface area contributed by atoms with Crippen LogP contribution in [0.5, 0.6) is 0 Å². The number of aromatic nitrogens is 2. The number of carbonyl (C=O) groups is 1. The third-order valence-corrected chi connectivity index (χ3v) is 4.53. The van der Waals surface area contributed by atoms with E-state index in [-0.39, 0.29) is 12.5 Å². The van der Waals surface area contributed by atoms with E-state index in [1.54, 1.807) is 28.8 Å². The number of halogens is 1. The Morgan fingerprint density at radius 1 is 1.13 bits per heavy atom. The van der Waals surface area contributed by atoms with Crippen LogP contribution < -0.4 is 5.32 Å². The Morgan fingerprint density at radius 3 is 2.61 bits per heavy atom. The molecule has 23 heavy (non-hydrogen) atoms. The molecule has 0 saturated heterocycles. The molecule has 1 aromatic heterocycles. The summed E-state index contributed by atoms with van der Waals surface area (Å²) in [6.45, 7) is 0.177. The van der Waals surface area contributed by atoms with Gasteiger partial charge in [-0.2, -0.15) is 5.10 Å². The molecule has 2 aromatic carbocycles. The van der Waals surface area contributed by atoms with Crippen molar-refractivity contribution in [2.75, 3.05) is 5.32 Å². The fourth-order valence-electron chi connectivity index (χ4n) is 2.04. The number of hydrogen-bond donors (Lipinski definition) is 1. The van der Waals surface area contributed by atoms with Gasteiger partial charge in [0, 0.05) is 16.0 Å². The summed E-state index contributed by atoms with van der Waals surface area (Å²) in [4.78, 5) is 14.3. The quantitative estimate of drug-likeness (QED) is 0.703. The predicted molar refractivity (Wildman–Crippen MR) is 95.6 cm³/mol. The number of rotatable bonds is 5. The van der Waals surface area contributed by atoms with E-state index in [9.17, 15) is 4.79 Å². The van der Waals surface area contributed by atoms with Crippen LogP contribution in [0.2, 0.25) is 0 Å². The summed E-state index contributed by atoms with van der Waals surface area (Å²) in [5, 5.41) is 7.04. The maximum atomic E-state index is 12.2. The van der Waals surface area contributed by atoms with Crippen molar-refractivity contribution < 1.29 is 4.79 Å². The molecule has 0 spiro atoms. The molecule has 4 nitrogen and oxygen atoms in total. The maximum Gasteiger partial charge on any atom is 0.246 e. The number of carbonyl (C=O) groups excluding carboxylic acids is 1. The molecule has 1 amide bonds. The first-order valence-corrected chi connectivity index (χ1v) is 8.61. The smallest absolute Gasteiger partial charge is 0.246 e. The van der Waals surface area contributed by atoms with Gasteiger partial charge in [0.05, 0.1) is 16.4 Å². The molecule has 0 aliphatic heterocycles. The SMILES string of the molecule is O=C(Cn1cc(Br)cn1)Nc1ccccc1Sc1ccccc1. The highest BCUT2D eigenvalue weighted by atomic mass is 79.9. The molecule has 3 rings (SSSR count). The Hall–Kier alpha value is -2.05. The molecule has 0 unspecified atom stereocenters. The lowest BCUT2D eigenvalue weighted by atomic mass is 10.3. The van der Waals surface area contributed by atoms with Gasteiger partial charge in [-0.15, -0.1) is 0 Å². The summed E-state index contributed by atoms with van der Waals surface area (Å²) in [7, 11) is 0. The molecule has 0 atom stereocenters. The summed E-state index contributed by atoms with van der Waals surface area (Å²) in [6.07, 6.45) is 3.43. The highest BCUT2D eigenvalue weighted by Crippen LogP contribution is 2.33. The third kappa shape index (κ3) is 4.46. The molecule has 1 heterocycles. The van der Waals surface area contributed by atoms with E-state index in [1.165, 1.54) is 0 Å². The van der Waals surface area contributed by atoms with Gasteiger partial charge in [-0.1, -0.05) is 42.1 Å². The van der Waals surface area contributed by atoms with Gasteiger partial charge in [-0.3, -0.25) is 9.48 Å². The summed E-state index contributed by atoms with van der Waals surface area (Å²) < 4.78 is 2.44. The Balaban J connectivity index is 1.71. The fourth-order valence-corrected chi connectivity index (χ4v) is 3.29. The molecule has 3 aromatic rings. The van der Waals surface area contributed by atoms with E-state index in [4.69, 9.17) is 0 Å². The van der Waals surface area contributed by atoms with Gasteiger partial charge in [-0.05, 0) is 40.2 Å². The van der Waals surface area contributed by atoms with Crippen LogP contribution in [0.3, 0.4) is 0 Å². The van der Waals surface area contributed by atoms with Crippen LogP contribution in [0, 0.1) is 0 Å². The zero-order valence-electron chi connectivity index (χ0n) is 12.1. The van der Waals surface area contributed by atoms with Crippen LogP contribution >= 0.6 is 27.7 Å². The lowest BCUT2D eigenvalue weighted by Gasteiger charge is -2.10. The molecule has 116 valence electrons. The van der Waals surface area contributed by atoms with Gasteiger partial charge in [0.1, 0.15) is 6.54 Å².